The van der Waals surface area contributed by atoms with Gasteiger partial charge in [0.15, 0.2) is 5.78 Å². The molecule has 1 saturated heterocycles. The Hall–Kier alpha value is -2.17. The predicted molar refractivity (Wildman–Crippen MR) is 106 cm³/mol. The molecule has 27 heavy (non-hydrogen) atoms. The number of hydrogen-bond acceptors (Lipinski definition) is 3. The Morgan fingerprint density at radius 2 is 1.74 bits per heavy atom. The number of carbonyl (C=O) groups is 2. The molecule has 2 aliphatic rings. The van der Waals surface area contributed by atoms with E-state index >= 15 is 0 Å². The lowest BCUT2D eigenvalue weighted by Crippen LogP contribution is -2.49. The van der Waals surface area contributed by atoms with Crippen molar-refractivity contribution in [1.82, 2.24) is 9.80 Å². The van der Waals surface area contributed by atoms with Crippen LogP contribution in [0.5, 0.6) is 0 Å². The molecule has 2 heterocycles. The van der Waals surface area contributed by atoms with Gasteiger partial charge in [-0.25, -0.2) is 0 Å². The maximum Gasteiger partial charge on any atom is 0.254 e. The number of hydrogen-bond donors (Lipinski definition) is 0. The number of amides is 1. The fourth-order valence-corrected chi connectivity index (χ4v) is 4.77. The fourth-order valence-electron chi connectivity index (χ4n) is 4.57. The molecule has 2 aromatic rings. The number of nitrogens with zero attached hydrogens (tertiary/aromatic N) is 2. The van der Waals surface area contributed by atoms with Crippen molar-refractivity contribution in [2.45, 2.75) is 26.4 Å². The summed E-state index contributed by atoms with van der Waals surface area (Å²) in [6.45, 7) is 6.52. The van der Waals surface area contributed by atoms with Crippen LogP contribution in [0.1, 0.15) is 40.1 Å². The summed E-state index contributed by atoms with van der Waals surface area (Å²) in [5, 5.41) is 0.731. The lowest BCUT2D eigenvalue weighted by molar-refractivity contribution is 0.0560. The zero-order chi connectivity index (χ0) is 19.2. The molecular weight excluding hydrogens is 360 g/mol. The molecule has 0 bridgehead atoms. The Kier molecular flexibility index (Phi) is 4.57. The molecule has 4 rings (SSSR count). The second kappa shape index (κ2) is 6.77. The molecule has 0 radical (unpaired) electrons. The number of carbonyl (C=O) groups excluding carboxylic acids is 2. The minimum atomic E-state index is -0.625. The van der Waals surface area contributed by atoms with E-state index in [1.165, 1.54) is 0 Å². The van der Waals surface area contributed by atoms with Crippen LogP contribution in [0.4, 0.5) is 0 Å². The zero-order valence-corrected chi connectivity index (χ0v) is 16.4. The molecule has 0 saturated carbocycles. The predicted octanol–water partition coefficient (Wildman–Crippen LogP) is 3.89. The Labute approximate surface area is 164 Å². The van der Waals surface area contributed by atoms with Crippen LogP contribution >= 0.6 is 11.6 Å². The number of benzene rings is 2. The van der Waals surface area contributed by atoms with Gasteiger partial charge in [-0.2, -0.15) is 0 Å². The van der Waals surface area contributed by atoms with Gasteiger partial charge in [0.25, 0.3) is 5.91 Å². The van der Waals surface area contributed by atoms with E-state index in [1.54, 1.807) is 12.1 Å². The highest BCUT2D eigenvalue weighted by atomic mass is 35.5. The smallest absolute Gasteiger partial charge is 0.254 e. The van der Waals surface area contributed by atoms with Gasteiger partial charge in [-0.05, 0) is 31.5 Å². The van der Waals surface area contributed by atoms with Crippen LogP contribution in [0, 0.1) is 5.41 Å². The third-order valence-corrected chi connectivity index (χ3v) is 6.34. The standard InChI is InChI=1S/C22H23ClN2O2/c1-3-25-19-13-24(12-15-8-4-7-11-18(15)23)14-22(19,2)20(26)16-9-5-6-10-17(16)21(25)27/h4-11,19H,3,12-14H2,1-2H3/t19-,22+/m1/s1. The zero-order valence-electron chi connectivity index (χ0n) is 15.6. The van der Waals surface area contributed by atoms with Gasteiger partial charge in [0, 0.05) is 36.8 Å². The fraction of sp³-hybridized carbons (Fsp3) is 0.364. The van der Waals surface area contributed by atoms with Gasteiger partial charge in [0.2, 0.25) is 0 Å². The molecule has 0 unspecified atom stereocenters. The topological polar surface area (TPSA) is 40.6 Å². The van der Waals surface area contributed by atoms with Crippen molar-refractivity contribution in [3.63, 3.8) is 0 Å². The number of rotatable bonds is 3. The van der Waals surface area contributed by atoms with Crippen molar-refractivity contribution in [3.8, 4) is 0 Å². The van der Waals surface area contributed by atoms with Gasteiger partial charge < -0.3 is 4.90 Å². The van der Waals surface area contributed by atoms with Gasteiger partial charge in [0.05, 0.1) is 17.0 Å². The van der Waals surface area contributed by atoms with E-state index in [-0.39, 0.29) is 17.7 Å². The summed E-state index contributed by atoms with van der Waals surface area (Å²) in [6, 6.07) is 14.9. The number of Topliss-reactive ketones (excluding diaryl/α,β-unsaturated/α-hetero) is 1. The molecule has 5 heteroatoms. The molecule has 0 spiro atoms. The second-order valence-electron chi connectivity index (χ2n) is 7.66. The highest BCUT2D eigenvalue weighted by Crippen LogP contribution is 2.41. The van der Waals surface area contributed by atoms with Crippen LogP contribution in [0.15, 0.2) is 48.5 Å². The first-order valence-electron chi connectivity index (χ1n) is 9.36. The van der Waals surface area contributed by atoms with Crippen molar-refractivity contribution >= 4 is 23.3 Å². The molecule has 2 aromatic carbocycles. The summed E-state index contributed by atoms with van der Waals surface area (Å²) in [5.41, 5.74) is 1.49. The maximum atomic E-state index is 13.5. The average molecular weight is 383 g/mol. The maximum absolute atomic E-state index is 13.5. The SMILES string of the molecule is CCN1C(=O)c2ccccc2C(=O)[C@@]2(C)CN(Cc3ccccc3Cl)C[C@@H]12. The van der Waals surface area contributed by atoms with Crippen LogP contribution < -0.4 is 0 Å². The molecular formula is C22H23ClN2O2. The summed E-state index contributed by atoms with van der Waals surface area (Å²) < 4.78 is 0. The normalized spacial score (nSPS) is 25.3. The third-order valence-electron chi connectivity index (χ3n) is 5.97. The molecule has 1 fully saturated rings. The average Bonchev–Trinajstić information content (AvgIpc) is 2.98. The summed E-state index contributed by atoms with van der Waals surface area (Å²) >= 11 is 6.33. The first-order chi connectivity index (χ1) is 13.0. The van der Waals surface area contributed by atoms with Gasteiger partial charge >= 0.3 is 0 Å². The third kappa shape index (κ3) is 2.88. The van der Waals surface area contributed by atoms with Crippen LogP contribution in [-0.2, 0) is 6.54 Å². The van der Waals surface area contributed by atoms with E-state index in [1.807, 2.05) is 55.1 Å². The van der Waals surface area contributed by atoms with E-state index in [2.05, 4.69) is 4.90 Å². The number of likely N-dealkylation sites (tertiary alicyclic amines) is 1. The molecule has 0 aliphatic carbocycles. The number of ketones is 1. The summed E-state index contributed by atoms with van der Waals surface area (Å²) in [4.78, 5) is 30.7. The molecule has 140 valence electrons. The summed E-state index contributed by atoms with van der Waals surface area (Å²) in [5.74, 6) is 0.0174. The molecule has 2 aliphatic heterocycles. The first kappa shape index (κ1) is 18.2. The van der Waals surface area contributed by atoms with Crippen molar-refractivity contribution in [1.29, 1.82) is 0 Å². The van der Waals surface area contributed by atoms with Crippen LogP contribution in [0.3, 0.4) is 0 Å². The summed E-state index contributed by atoms with van der Waals surface area (Å²) in [6.07, 6.45) is 0. The summed E-state index contributed by atoms with van der Waals surface area (Å²) in [7, 11) is 0. The Bertz CT molecular complexity index is 913. The monoisotopic (exact) mass is 382 g/mol. The number of halogens is 1. The Morgan fingerprint density at radius 3 is 2.44 bits per heavy atom. The Balaban J connectivity index is 1.72. The van der Waals surface area contributed by atoms with Gasteiger partial charge in [-0.1, -0.05) is 48.0 Å². The van der Waals surface area contributed by atoms with Crippen LogP contribution in [-0.4, -0.2) is 47.2 Å². The highest BCUT2D eigenvalue weighted by molar-refractivity contribution is 6.31. The van der Waals surface area contributed by atoms with E-state index in [0.717, 1.165) is 10.6 Å². The first-order valence-corrected chi connectivity index (χ1v) is 9.74. The Morgan fingerprint density at radius 1 is 1.07 bits per heavy atom. The van der Waals surface area contributed by atoms with Crippen molar-refractivity contribution in [3.05, 3.63) is 70.2 Å². The van der Waals surface area contributed by atoms with E-state index in [0.29, 0.717) is 37.3 Å². The van der Waals surface area contributed by atoms with Crippen LogP contribution in [0.25, 0.3) is 0 Å². The van der Waals surface area contributed by atoms with E-state index < -0.39 is 5.41 Å². The van der Waals surface area contributed by atoms with Gasteiger partial charge in [-0.3, -0.25) is 14.5 Å². The number of likely N-dealkylation sites (N-methyl/N-ethyl adjacent to an activating group) is 1. The lowest BCUT2D eigenvalue weighted by Gasteiger charge is -2.34. The van der Waals surface area contributed by atoms with E-state index in [4.69, 9.17) is 11.6 Å². The minimum Gasteiger partial charge on any atom is -0.334 e. The quantitative estimate of drug-likeness (QED) is 0.808. The molecule has 2 atom stereocenters. The molecule has 4 nitrogen and oxygen atoms in total. The molecule has 0 N–H and O–H groups in total. The lowest BCUT2D eigenvalue weighted by atomic mass is 9.78. The van der Waals surface area contributed by atoms with Crippen molar-refractivity contribution in [2.75, 3.05) is 19.6 Å². The van der Waals surface area contributed by atoms with Crippen molar-refractivity contribution < 1.29 is 9.59 Å². The van der Waals surface area contributed by atoms with E-state index in [9.17, 15) is 9.59 Å². The second-order valence-corrected chi connectivity index (χ2v) is 8.07. The van der Waals surface area contributed by atoms with Gasteiger partial charge in [-0.15, -0.1) is 0 Å². The molecule has 1 amide bonds. The highest BCUT2D eigenvalue weighted by Gasteiger charge is 2.54. The van der Waals surface area contributed by atoms with Crippen molar-refractivity contribution in [2.24, 2.45) is 5.41 Å². The molecule has 0 aromatic heterocycles. The van der Waals surface area contributed by atoms with Gasteiger partial charge in [0.1, 0.15) is 0 Å². The largest absolute Gasteiger partial charge is 0.334 e. The minimum absolute atomic E-state index is 0.0465. The number of fused-ring (bicyclic) bond motifs is 2. The van der Waals surface area contributed by atoms with Crippen LogP contribution in [0.2, 0.25) is 5.02 Å².